The smallest absolute Gasteiger partial charge is 0.263 e. The van der Waals surface area contributed by atoms with E-state index in [1.807, 2.05) is 38.1 Å². The molecule has 0 unspecified atom stereocenters. The van der Waals surface area contributed by atoms with Crippen LogP contribution in [0.4, 0.5) is 0 Å². The highest BCUT2D eigenvalue weighted by molar-refractivity contribution is 7.99. The number of ketones is 1. The van der Waals surface area contributed by atoms with E-state index in [2.05, 4.69) is 6.92 Å². The molecule has 0 saturated heterocycles. The molecule has 2 aromatic heterocycles. The van der Waals surface area contributed by atoms with Gasteiger partial charge in [-0.25, -0.2) is 4.98 Å². The molecule has 7 heteroatoms. The fourth-order valence-corrected chi connectivity index (χ4v) is 4.93. The van der Waals surface area contributed by atoms with Crippen LogP contribution < -0.4 is 5.56 Å². The number of aryl methyl sites for hydroxylation is 3. The van der Waals surface area contributed by atoms with E-state index in [4.69, 9.17) is 9.72 Å². The highest BCUT2D eigenvalue weighted by atomic mass is 32.2. The molecule has 3 rings (SSSR count). The second-order valence-electron chi connectivity index (χ2n) is 6.57. The van der Waals surface area contributed by atoms with Crippen LogP contribution in [-0.2, 0) is 17.7 Å². The maximum atomic E-state index is 13.1. The molecular formula is C21H24N2O3S2. The van der Waals surface area contributed by atoms with Crippen molar-refractivity contribution in [3.63, 3.8) is 0 Å². The van der Waals surface area contributed by atoms with Crippen LogP contribution in [-0.4, -0.2) is 34.8 Å². The lowest BCUT2D eigenvalue weighted by Gasteiger charge is -2.11. The van der Waals surface area contributed by atoms with Gasteiger partial charge in [0.2, 0.25) is 0 Å². The number of thiophene rings is 1. The number of rotatable bonds is 8. The average molecular weight is 417 g/mol. The van der Waals surface area contributed by atoms with E-state index >= 15 is 0 Å². The number of aromatic nitrogens is 2. The van der Waals surface area contributed by atoms with Gasteiger partial charge in [-0.15, -0.1) is 11.3 Å². The number of carbonyl (C=O) groups excluding carboxylic acids is 1. The minimum Gasteiger partial charge on any atom is -0.383 e. The quantitative estimate of drug-likeness (QED) is 0.312. The molecule has 0 fully saturated rings. The molecule has 2 heterocycles. The third-order valence-corrected chi connectivity index (χ3v) is 6.87. The van der Waals surface area contributed by atoms with Gasteiger partial charge in [-0.2, -0.15) is 0 Å². The van der Waals surface area contributed by atoms with Crippen molar-refractivity contribution in [3.8, 4) is 0 Å². The molecule has 0 saturated carbocycles. The Morgan fingerprint density at radius 3 is 2.61 bits per heavy atom. The van der Waals surface area contributed by atoms with E-state index in [9.17, 15) is 9.59 Å². The minimum absolute atomic E-state index is 0.0267. The van der Waals surface area contributed by atoms with Crippen LogP contribution in [0.5, 0.6) is 0 Å². The number of benzene rings is 1. The molecule has 28 heavy (non-hydrogen) atoms. The van der Waals surface area contributed by atoms with Gasteiger partial charge in [-0.05, 0) is 31.4 Å². The number of carbonyl (C=O) groups is 1. The van der Waals surface area contributed by atoms with Gasteiger partial charge in [0.25, 0.3) is 5.56 Å². The van der Waals surface area contributed by atoms with Crippen LogP contribution in [0.3, 0.4) is 0 Å². The summed E-state index contributed by atoms with van der Waals surface area (Å²) in [5.74, 6) is 0.263. The molecule has 0 bridgehead atoms. The number of hydrogen-bond acceptors (Lipinski definition) is 6. The summed E-state index contributed by atoms with van der Waals surface area (Å²) >= 11 is 2.83. The van der Waals surface area contributed by atoms with Crippen molar-refractivity contribution < 1.29 is 9.53 Å². The lowest BCUT2D eigenvalue weighted by molar-refractivity contribution is 0.102. The maximum Gasteiger partial charge on any atom is 0.263 e. The van der Waals surface area contributed by atoms with E-state index in [0.29, 0.717) is 29.3 Å². The van der Waals surface area contributed by atoms with Crippen molar-refractivity contribution in [3.05, 3.63) is 56.2 Å². The first-order chi connectivity index (χ1) is 13.5. The Balaban J connectivity index is 1.90. The molecule has 1 aromatic carbocycles. The number of Topliss-reactive ketones (excluding diaryl/α,β-unsaturated/α-hetero) is 1. The van der Waals surface area contributed by atoms with Gasteiger partial charge in [0.05, 0.1) is 24.3 Å². The molecule has 0 amide bonds. The highest BCUT2D eigenvalue weighted by Crippen LogP contribution is 2.28. The topological polar surface area (TPSA) is 61.2 Å². The molecule has 5 nitrogen and oxygen atoms in total. The average Bonchev–Trinajstić information content (AvgIpc) is 2.99. The first kappa shape index (κ1) is 20.8. The fourth-order valence-electron chi connectivity index (χ4n) is 2.94. The molecule has 0 atom stereocenters. The summed E-state index contributed by atoms with van der Waals surface area (Å²) in [7, 11) is 1.60. The maximum absolute atomic E-state index is 13.1. The van der Waals surface area contributed by atoms with E-state index in [1.165, 1.54) is 28.7 Å². The van der Waals surface area contributed by atoms with Gasteiger partial charge in [-0.3, -0.25) is 14.2 Å². The summed E-state index contributed by atoms with van der Waals surface area (Å²) in [6.45, 7) is 6.86. The minimum atomic E-state index is -0.0638. The zero-order valence-electron chi connectivity index (χ0n) is 16.6. The number of nitrogens with zero attached hydrogens (tertiary/aromatic N) is 2. The van der Waals surface area contributed by atoms with Gasteiger partial charge >= 0.3 is 0 Å². The molecule has 0 aliphatic heterocycles. The van der Waals surface area contributed by atoms with Crippen LogP contribution in [0.25, 0.3) is 10.2 Å². The van der Waals surface area contributed by atoms with Gasteiger partial charge in [-0.1, -0.05) is 43.0 Å². The van der Waals surface area contributed by atoms with Crippen molar-refractivity contribution in [2.24, 2.45) is 0 Å². The molecule has 0 N–H and O–H groups in total. The third-order valence-electron chi connectivity index (χ3n) is 4.79. The van der Waals surface area contributed by atoms with E-state index in [1.54, 1.807) is 11.7 Å². The zero-order chi connectivity index (χ0) is 20.3. The second kappa shape index (κ2) is 9.03. The summed E-state index contributed by atoms with van der Waals surface area (Å²) < 4.78 is 6.79. The predicted molar refractivity (Wildman–Crippen MR) is 116 cm³/mol. The monoisotopic (exact) mass is 416 g/mol. The Bertz CT molecular complexity index is 1050. The third kappa shape index (κ3) is 4.21. The molecule has 0 aliphatic carbocycles. The van der Waals surface area contributed by atoms with E-state index < -0.39 is 0 Å². The van der Waals surface area contributed by atoms with Gasteiger partial charge < -0.3 is 4.74 Å². The Kier molecular flexibility index (Phi) is 6.69. The standard InChI is InChI=1S/C21H24N2O3S2/c1-5-15-6-8-16(9-7-15)17(24)12-27-21-22-19-18(13(2)14(3)28-19)20(25)23(21)10-11-26-4/h6-9H,5,10-12H2,1-4H3. The molecule has 0 aliphatic rings. The number of hydrogen-bond donors (Lipinski definition) is 0. The highest BCUT2D eigenvalue weighted by Gasteiger charge is 2.18. The Morgan fingerprint density at radius 2 is 1.96 bits per heavy atom. The summed E-state index contributed by atoms with van der Waals surface area (Å²) in [6.07, 6.45) is 0.943. The summed E-state index contributed by atoms with van der Waals surface area (Å²) in [5, 5.41) is 1.23. The number of ether oxygens (including phenoxy) is 1. The van der Waals surface area contributed by atoms with E-state index in [0.717, 1.165) is 21.7 Å². The van der Waals surface area contributed by atoms with Crippen molar-refractivity contribution in [1.82, 2.24) is 9.55 Å². The zero-order valence-corrected chi connectivity index (χ0v) is 18.2. The molecule has 0 radical (unpaired) electrons. The van der Waals surface area contributed by atoms with Gasteiger partial charge in [0, 0.05) is 17.6 Å². The van der Waals surface area contributed by atoms with Crippen LogP contribution in [0.15, 0.2) is 34.2 Å². The van der Waals surface area contributed by atoms with Crippen molar-refractivity contribution in [2.75, 3.05) is 19.5 Å². The fraction of sp³-hybridized carbons (Fsp3) is 0.381. The largest absolute Gasteiger partial charge is 0.383 e. The Morgan fingerprint density at radius 1 is 1.25 bits per heavy atom. The SMILES string of the molecule is CCc1ccc(C(=O)CSc2nc3sc(C)c(C)c3c(=O)n2CCOC)cc1. The van der Waals surface area contributed by atoms with Crippen LogP contribution in [0.2, 0.25) is 0 Å². The van der Waals surface area contributed by atoms with Gasteiger partial charge in [0.1, 0.15) is 4.83 Å². The normalized spacial score (nSPS) is 11.3. The Hall–Kier alpha value is -1.96. The Labute approximate surface area is 172 Å². The summed E-state index contributed by atoms with van der Waals surface area (Å²) in [5.41, 5.74) is 2.80. The lowest BCUT2D eigenvalue weighted by Crippen LogP contribution is -2.25. The predicted octanol–water partition coefficient (Wildman–Crippen LogP) is 4.26. The van der Waals surface area contributed by atoms with Crippen LogP contribution in [0, 0.1) is 13.8 Å². The molecule has 3 aromatic rings. The van der Waals surface area contributed by atoms with Crippen LogP contribution in [0.1, 0.15) is 33.3 Å². The number of thioether (sulfide) groups is 1. The molecule has 0 spiro atoms. The van der Waals surface area contributed by atoms with Crippen molar-refractivity contribution in [2.45, 2.75) is 38.9 Å². The molecule has 148 valence electrons. The second-order valence-corrected chi connectivity index (χ2v) is 8.72. The summed E-state index contributed by atoms with van der Waals surface area (Å²) in [6, 6.07) is 7.69. The summed E-state index contributed by atoms with van der Waals surface area (Å²) in [4.78, 5) is 32.2. The molecular weight excluding hydrogens is 392 g/mol. The van der Waals surface area contributed by atoms with Crippen molar-refractivity contribution in [1.29, 1.82) is 0 Å². The first-order valence-corrected chi connectivity index (χ1v) is 11.0. The first-order valence-electron chi connectivity index (χ1n) is 9.20. The van der Waals surface area contributed by atoms with Crippen LogP contribution >= 0.6 is 23.1 Å². The van der Waals surface area contributed by atoms with Gasteiger partial charge in [0.15, 0.2) is 10.9 Å². The number of methoxy groups -OCH3 is 1. The van der Waals surface area contributed by atoms with Crippen molar-refractivity contribution >= 4 is 39.1 Å². The van der Waals surface area contributed by atoms with E-state index in [-0.39, 0.29) is 17.1 Å². The number of fused-ring (bicyclic) bond motifs is 1. The lowest BCUT2D eigenvalue weighted by atomic mass is 10.1.